The second kappa shape index (κ2) is 9.20. The van der Waals surface area contributed by atoms with Gasteiger partial charge in [-0.3, -0.25) is 10.1 Å². The third kappa shape index (κ3) is 4.55. The fourth-order valence-electron chi connectivity index (χ4n) is 3.68. The van der Waals surface area contributed by atoms with Crippen LogP contribution in [0.5, 0.6) is 11.5 Å². The zero-order valence-corrected chi connectivity index (χ0v) is 19.3. The number of anilines is 1. The van der Waals surface area contributed by atoms with E-state index in [1.807, 2.05) is 6.92 Å². The molecular formula is C22H24N4O6S. The van der Waals surface area contributed by atoms with Crippen molar-refractivity contribution in [1.82, 2.24) is 14.5 Å². The molecule has 0 radical (unpaired) electrons. The lowest BCUT2D eigenvalue weighted by atomic mass is 10.2. The number of carbonyl (C=O) groups excluding carboxylic acids is 1. The molecule has 1 aliphatic heterocycles. The predicted molar refractivity (Wildman–Crippen MR) is 120 cm³/mol. The number of hydrogen-bond acceptors (Lipinski definition) is 8. The van der Waals surface area contributed by atoms with Crippen LogP contribution in [0.3, 0.4) is 0 Å². The van der Waals surface area contributed by atoms with E-state index in [1.54, 1.807) is 42.5 Å². The minimum Gasteiger partial charge on any atom is -0.493 e. The molecule has 0 spiro atoms. The molecular weight excluding hydrogens is 448 g/mol. The van der Waals surface area contributed by atoms with Gasteiger partial charge in [0, 0.05) is 12.1 Å². The highest BCUT2D eigenvalue weighted by atomic mass is 32.2. The summed E-state index contributed by atoms with van der Waals surface area (Å²) in [5, 5.41) is 10.4. The number of ether oxygens (including phenoxy) is 2. The topological polar surface area (TPSA) is 124 Å². The molecule has 3 aromatic rings. The van der Waals surface area contributed by atoms with Crippen molar-refractivity contribution in [2.24, 2.45) is 0 Å². The molecule has 0 saturated carbocycles. The number of benzene rings is 2. The third-order valence-electron chi connectivity index (χ3n) is 5.42. The number of amides is 1. The van der Waals surface area contributed by atoms with Crippen LogP contribution in [0.4, 0.5) is 6.01 Å². The van der Waals surface area contributed by atoms with Crippen molar-refractivity contribution in [1.29, 1.82) is 0 Å². The molecule has 2 aromatic carbocycles. The maximum absolute atomic E-state index is 13.1. The van der Waals surface area contributed by atoms with Crippen LogP contribution in [-0.2, 0) is 14.8 Å². The second-order valence-electron chi connectivity index (χ2n) is 7.56. The SMILES string of the molecule is COc1ccc(-c2nnc(NC(=O)C3CCCN3S(=O)(=O)c3ccc(C)cc3)o2)cc1OC. The van der Waals surface area contributed by atoms with Crippen LogP contribution in [0, 0.1) is 6.92 Å². The highest BCUT2D eigenvalue weighted by molar-refractivity contribution is 7.89. The normalized spacial score (nSPS) is 16.5. The Morgan fingerprint density at radius 2 is 1.82 bits per heavy atom. The average Bonchev–Trinajstić information content (AvgIpc) is 3.49. The quantitative estimate of drug-likeness (QED) is 0.557. The van der Waals surface area contributed by atoms with E-state index in [4.69, 9.17) is 13.9 Å². The summed E-state index contributed by atoms with van der Waals surface area (Å²) in [6.45, 7) is 2.14. The summed E-state index contributed by atoms with van der Waals surface area (Å²) in [5.41, 5.74) is 1.52. The minimum absolute atomic E-state index is 0.121. The average molecular weight is 473 g/mol. The Balaban J connectivity index is 1.50. The van der Waals surface area contributed by atoms with E-state index in [0.29, 0.717) is 29.9 Å². The molecule has 1 aliphatic rings. The van der Waals surface area contributed by atoms with Crippen molar-refractivity contribution in [3.63, 3.8) is 0 Å². The Labute approximate surface area is 191 Å². The number of nitrogens with one attached hydrogen (secondary N) is 1. The lowest BCUT2D eigenvalue weighted by molar-refractivity contribution is -0.119. The monoisotopic (exact) mass is 472 g/mol. The van der Waals surface area contributed by atoms with Gasteiger partial charge in [-0.25, -0.2) is 8.42 Å². The Bertz CT molecular complexity index is 1260. The Kier molecular flexibility index (Phi) is 6.34. The number of hydrogen-bond donors (Lipinski definition) is 1. The fraction of sp³-hybridized carbons (Fsp3) is 0.318. The summed E-state index contributed by atoms with van der Waals surface area (Å²) in [7, 11) is -0.770. The van der Waals surface area contributed by atoms with Crippen molar-refractivity contribution < 1.29 is 27.1 Å². The zero-order valence-electron chi connectivity index (χ0n) is 18.4. The van der Waals surface area contributed by atoms with Gasteiger partial charge in [-0.1, -0.05) is 22.8 Å². The first-order valence-corrected chi connectivity index (χ1v) is 11.7. The van der Waals surface area contributed by atoms with Crippen molar-refractivity contribution in [2.75, 3.05) is 26.1 Å². The molecule has 1 saturated heterocycles. The number of carbonyl (C=O) groups is 1. The molecule has 10 nitrogen and oxygen atoms in total. The third-order valence-corrected chi connectivity index (χ3v) is 7.34. The van der Waals surface area contributed by atoms with Crippen LogP contribution in [0.2, 0.25) is 0 Å². The van der Waals surface area contributed by atoms with Crippen LogP contribution in [0.1, 0.15) is 18.4 Å². The molecule has 1 amide bonds. The summed E-state index contributed by atoms with van der Waals surface area (Å²) >= 11 is 0. The Hall–Kier alpha value is -3.44. The highest BCUT2D eigenvalue weighted by Gasteiger charge is 2.39. The van der Waals surface area contributed by atoms with Gasteiger partial charge in [-0.15, -0.1) is 5.10 Å². The number of sulfonamides is 1. The number of rotatable bonds is 7. The van der Waals surface area contributed by atoms with Gasteiger partial charge in [-0.2, -0.15) is 4.31 Å². The molecule has 33 heavy (non-hydrogen) atoms. The van der Waals surface area contributed by atoms with Crippen LogP contribution in [0.25, 0.3) is 11.5 Å². The molecule has 4 rings (SSSR count). The Morgan fingerprint density at radius 1 is 1.09 bits per heavy atom. The number of nitrogens with zero attached hydrogens (tertiary/aromatic N) is 3. The van der Waals surface area contributed by atoms with Gasteiger partial charge in [0.1, 0.15) is 6.04 Å². The van der Waals surface area contributed by atoms with Gasteiger partial charge < -0.3 is 13.9 Å². The largest absolute Gasteiger partial charge is 0.493 e. The maximum Gasteiger partial charge on any atom is 0.322 e. The maximum atomic E-state index is 13.1. The molecule has 174 valence electrons. The van der Waals surface area contributed by atoms with Crippen LogP contribution in [-0.4, -0.2) is 55.6 Å². The molecule has 1 unspecified atom stereocenters. The standard InChI is InChI=1S/C22H24N4O6S/c1-14-6-9-16(10-7-14)33(28,29)26-12-4-5-17(26)20(27)23-22-25-24-21(32-22)15-8-11-18(30-2)19(13-15)31-3/h6-11,13,17H,4-5,12H2,1-3H3,(H,23,25,27). The summed E-state index contributed by atoms with van der Waals surface area (Å²) in [4.78, 5) is 13.1. The van der Waals surface area contributed by atoms with E-state index in [2.05, 4.69) is 15.5 Å². The minimum atomic E-state index is -3.81. The predicted octanol–water partition coefficient (Wildman–Crippen LogP) is 2.85. The van der Waals surface area contributed by atoms with Gasteiger partial charge in [0.05, 0.1) is 19.1 Å². The van der Waals surface area contributed by atoms with Gasteiger partial charge in [-0.05, 0) is 50.1 Å². The zero-order chi connectivity index (χ0) is 23.6. The van der Waals surface area contributed by atoms with Crippen LogP contribution in [0.15, 0.2) is 51.8 Å². The first kappa shape index (κ1) is 22.7. The number of aromatic nitrogens is 2. The van der Waals surface area contributed by atoms with E-state index in [-0.39, 0.29) is 23.3 Å². The van der Waals surface area contributed by atoms with E-state index in [1.165, 1.54) is 18.5 Å². The molecule has 2 heterocycles. The first-order chi connectivity index (χ1) is 15.8. The molecule has 0 aliphatic carbocycles. The fourth-order valence-corrected chi connectivity index (χ4v) is 5.34. The highest BCUT2D eigenvalue weighted by Crippen LogP contribution is 2.32. The van der Waals surface area contributed by atoms with Gasteiger partial charge >= 0.3 is 6.01 Å². The summed E-state index contributed by atoms with van der Waals surface area (Å²) in [6, 6.07) is 10.6. The van der Waals surface area contributed by atoms with E-state index in [0.717, 1.165) is 5.56 Å². The smallest absolute Gasteiger partial charge is 0.322 e. The van der Waals surface area contributed by atoms with Gasteiger partial charge in [0.15, 0.2) is 11.5 Å². The number of aryl methyl sites for hydroxylation is 1. The lowest BCUT2D eigenvalue weighted by Crippen LogP contribution is -2.43. The van der Waals surface area contributed by atoms with E-state index in [9.17, 15) is 13.2 Å². The number of methoxy groups -OCH3 is 2. The summed E-state index contributed by atoms with van der Waals surface area (Å²) in [5.74, 6) is 0.680. The van der Waals surface area contributed by atoms with Crippen LogP contribution >= 0.6 is 0 Å². The summed E-state index contributed by atoms with van der Waals surface area (Å²) in [6.07, 6.45) is 0.970. The molecule has 1 atom stereocenters. The molecule has 0 bridgehead atoms. The first-order valence-electron chi connectivity index (χ1n) is 10.3. The molecule has 1 aromatic heterocycles. The second-order valence-corrected chi connectivity index (χ2v) is 9.45. The van der Waals surface area contributed by atoms with Crippen molar-refractivity contribution in [2.45, 2.75) is 30.7 Å². The molecule has 11 heteroatoms. The van der Waals surface area contributed by atoms with E-state index < -0.39 is 22.0 Å². The molecule has 1 N–H and O–H groups in total. The van der Waals surface area contributed by atoms with Gasteiger partial charge in [0.2, 0.25) is 21.8 Å². The van der Waals surface area contributed by atoms with Crippen molar-refractivity contribution in [3.05, 3.63) is 48.0 Å². The van der Waals surface area contributed by atoms with Crippen LogP contribution < -0.4 is 14.8 Å². The lowest BCUT2D eigenvalue weighted by Gasteiger charge is -2.22. The van der Waals surface area contributed by atoms with Gasteiger partial charge in [0.25, 0.3) is 0 Å². The van der Waals surface area contributed by atoms with E-state index >= 15 is 0 Å². The van der Waals surface area contributed by atoms with Crippen molar-refractivity contribution >= 4 is 21.9 Å². The molecule has 1 fully saturated rings. The summed E-state index contributed by atoms with van der Waals surface area (Å²) < 4.78 is 43.5. The van der Waals surface area contributed by atoms with Crippen molar-refractivity contribution in [3.8, 4) is 23.0 Å². The Morgan fingerprint density at radius 3 is 2.52 bits per heavy atom.